The van der Waals surface area contributed by atoms with Crippen molar-refractivity contribution in [1.29, 1.82) is 5.41 Å². The number of nitrogens with zero attached hydrogens (tertiary/aromatic N) is 2. The minimum absolute atomic E-state index is 0.310. The molecule has 2 rings (SSSR count). The first-order valence-corrected chi connectivity index (χ1v) is 7.65. The van der Waals surface area contributed by atoms with Gasteiger partial charge in [0.05, 0.1) is 5.56 Å². The first kappa shape index (κ1) is 18.5. The van der Waals surface area contributed by atoms with E-state index in [1.54, 1.807) is 0 Å². The van der Waals surface area contributed by atoms with Crippen molar-refractivity contribution in [3.8, 4) is 5.75 Å². The van der Waals surface area contributed by atoms with E-state index >= 15 is 0 Å². The summed E-state index contributed by atoms with van der Waals surface area (Å²) in [5, 5.41) is 13.7. The van der Waals surface area contributed by atoms with Gasteiger partial charge in [0.1, 0.15) is 23.7 Å². The summed E-state index contributed by atoms with van der Waals surface area (Å²) in [5.41, 5.74) is 0.977. The Morgan fingerprint density at radius 1 is 1.16 bits per heavy atom. The van der Waals surface area contributed by atoms with E-state index in [1.807, 2.05) is 0 Å². The molecule has 0 radical (unpaired) electrons. The van der Waals surface area contributed by atoms with E-state index in [-0.39, 0.29) is 5.75 Å². The third-order valence-electron chi connectivity index (χ3n) is 3.20. The van der Waals surface area contributed by atoms with E-state index in [0.29, 0.717) is 22.9 Å². The van der Waals surface area contributed by atoms with Crippen molar-refractivity contribution in [2.45, 2.75) is 26.1 Å². The molecular formula is C16H18F3N5O. The van der Waals surface area contributed by atoms with E-state index in [2.05, 4.69) is 32.3 Å². The Labute approximate surface area is 143 Å². The second kappa shape index (κ2) is 8.32. The highest BCUT2D eigenvalue weighted by atomic mass is 19.4. The summed E-state index contributed by atoms with van der Waals surface area (Å²) >= 11 is 0. The van der Waals surface area contributed by atoms with Crippen LogP contribution in [0.1, 0.15) is 25.3 Å². The highest BCUT2D eigenvalue weighted by molar-refractivity contribution is 5.91. The van der Waals surface area contributed by atoms with E-state index in [1.165, 1.54) is 30.6 Å². The van der Waals surface area contributed by atoms with Crippen LogP contribution in [0.15, 0.2) is 30.6 Å². The maximum atomic E-state index is 12.2. The molecule has 0 aliphatic rings. The number of rotatable bonds is 8. The molecule has 1 aromatic heterocycles. The van der Waals surface area contributed by atoms with Crippen LogP contribution in [-0.2, 0) is 0 Å². The van der Waals surface area contributed by atoms with Gasteiger partial charge in [0.15, 0.2) is 0 Å². The number of aromatic nitrogens is 2. The zero-order chi connectivity index (χ0) is 18.3. The summed E-state index contributed by atoms with van der Waals surface area (Å²) in [5.74, 6) is 0.599. The van der Waals surface area contributed by atoms with Gasteiger partial charge in [-0.2, -0.15) is 0 Å². The van der Waals surface area contributed by atoms with Crippen molar-refractivity contribution in [3.63, 3.8) is 0 Å². The zero-order valence-corrected chi connectivity index (χ0v) is 13.5. The highest BCUT2D eigenvalue weighted by Crippen LogP contribution is 2.26. The molecule has 0 fully saturated rings. The molecule has 0 amide bonds. The molecule has 3 N–H and O–H groups in total. The van der Waals surface area contributed by atoms with Crippen LogP contribution in [-0.4, -0.2) is 29.1 Å². The van der Waals surface area contributed by atoms with Crippen molar-refractivity contribution < 1.29 is 17.9 Å². The molecule has 134 valence electrons. The van der Waals surface area contributed by atoms with Crippen molar-refractivity contribution in [2.75, 3.05) is 17.2 Å². The summed E-state index contributed by atoms with van der Waals surface area (Å²) in [6.45, 7) is 2.79. The van der Waals surface area contributed by atoms with Crippen LogP contribution in [0.2, 0.25) is 0 Å². The molecule has 1 heterocycles. The van der Waals surface area contributed by atoms with Gasteiger partial charge in [-0.1, -0.05) is 13.3 Å². The Kier molecular flexibility index (Phi) is 6.15. The lowest BCUT2D eigenvalue weighted by atomic mass is 10.2. The summed E-state index contributed by atoms with van der Waals surface area (Å²) in [4.78, 5) is 8.21. The van der Waals surface area contributed by atoms with E-state index < -0.39 is 6.36 Å². The summed E-state index contributed by atoms with van der Waals surface area (Å²) < 4.78 is 40.3. The number of hydrogen-bond donors (Lipinski definition) is 3. The lowest BCUT2D eigenvalue weighted by Crippen LogP contribution is -2.17. The molecule has 0 aliphatic carbocycles. The van der Waals surface area contributed by atoms with Crippen molar-refractivity contribution >= 4 is 23.5 Å². The van der Waals surface area contributed by atoms with Gasteiger partial charge >= 0.3 is 6.36 Å². The fraction of sp³-hybridized carbons (Fsp3) is 0.312. The van der Waals surface area contributed by atoms with Crippen molar-refractivity contribution in [1.82, 2.24) is 9.97 Å². The lowest BCUT2D eigenvalue weighted by Gasteiger charge is -2.13. The summed E-state index contributed by atoms with van der Waals surface area (Å²) in [6.07, 6.45) is -0.267. The van der Waals surface area contributed by atoms with Gasteiger partial charge in [-0.25, -0.2) is 9.97 Å². The molecule has 0 aliphatic heterocycles. The number of alkyl halides is 3. The van der Waals surface area contributed by atoms with Crippen LogP contribution >= 0.6 is 0 Å². The normalized spacial score (nSPS) is 11.0. The predicted octanol–water partition coefficient (Wildman–Crippen LogP) is 4.33. The molecule has 0 bridgehead atoms. The molecule has 0 atom stereocenters. The first-order valence-electron chi connectivity index (χ1n) is 7.65. The average Bonchev–Trinajstić information content (AvgIpc) is 2.56. The van der Waals surface area contributed by atoms with E-state index in [9.17, 15) is 13.2 Å². The third kappa shape index (κ3) is 5.63. The predicted molar refractivity (Wildman–Crippen MR) is 89.7 cm³/mol. The number of halogens is 3. The van der Waals surface area contributed by atoms with Gasteiger partial charge in [0.25, 0.3) is 0 Å². The number of unbranched alkanes of at least 4 members (excludes halogenated alkanes) is 1. The van der Waals surface area contributed by atoms with Crippen LogP contribution in [0, 0.1) is 5.41 Å². The van der Waals surface area contributed by atoms with Crippen LogP contribution in [0.4, 0.5) is 30.5 Å². The topological polar surface area (TPSA) is 82.9 Å². The Morgan fingerprint density at radius 2 is 1.84 bits per heavy atom. The van der Waals surface area contributed by atoms with Crippen molar-refractivity contribution in [2.24, 2.45) is 0 Å². The molecule has 0 saturated carbocycles. The molecule has 0 unspecified atom stereocenters. The number of benzene rings is 1. The summed E-state index contributed by atoms with van der Waals surface area (Å²) in [7, 11) is 0. The second-order valence-electron chi connectivity index (χ2n) is 5.11. The molecule has 2 aromatic rings. The first-order chi connectivity index (χ1) is 11.9. The van der Waals surface area contributed by atoms with E-state index in [4.69, 9.17) is 5.41 Å². The van der Waals surface area contributed by atoms with Gasteiger partial charge < -0.3 is 20.8 Å². The van der Waals surface area contributed by atoms with Gasteiger partial charge in [0, 0.05) is 18.4 Å². The molecule has 25 heavy (non-hydrogen) atoms. The standard InChI is InChI=1S/C16H18F3N5O/c1-2-3-8-21-14-13(9-20)15(23-10-22-14)24-11-4-6-12(7-5-11)25-16(17,18)19/h4-7,9-10,20H,2-3,8H2,1H3,(H2,21,22,23,24). The van der Waals surface area contributed by atoms with Crippen LogP contribution in [0.3, 0.4) is 0 Å². The average molecular weight is 353 g/mol. The second-order valence-corrected chi connectivity index (χ2v) is 5.11. The van der Waals surface area contributed by atoms with Crippen LogP contribution in [0.25, 0.3) is 0 Å². The molecule has 6 nitrogen and oxygen atoms in total. The maximum Gasteiger partial charge on any atom is 0.573 e. The van der Waals surface area contributed by atoms with Crippen LogP contribution < -0.4 is 15.4 Å². The lowest BCUT2D eigenvalue weighted by molar-refractivity contribution is -0.274. The minimum Gasteiger partial charge on any atom is -0.406 e. The molecule has 9 heteroatoms. The van der Waals surface area contributed by atoms with Crippen molar-refractivity contribution in [3.05, 3.63) is 36.2 Å². The van der Waals surface area contributed by atoms with Gasteiger partial charge in [-0.3, -0.25) is 0 Å². The number of hydrogen-bond acceptors (Lipinski definition) is 6. The SMILES string of the molecule is CCCCNc1ncnc(Nc2ccc(OC(F)(F)F)cc2)c1C=N. The summed E-state index contributed by atoms with van der Waals surface area (Å²) in [6, 6.07) is 5.26. The Balaban J connectivity index is 2.14. The number of anilines is 3. The van der Waals surface area contributed by atoms with E-state index in [0.717, 1.165) is 25.6 Å². The van der Waals surface area contributed by atoms with Gasteiger partial charge in [0.2, 0.25) is 0 Å². The third-order valence-corrected chi connectivity index (χ3v) is 3.20. The smallest absolute Gasteiger partial charge is 0.406 e. The quantitative estimate of drug-likeness (QED) is 0.486. The van der Waals surface area contributed by atoms with Crippen LogP contribution in [0.5, 0.6) is 5.75 Å². The number of ether oxygens (including phenoxy) is 1. The number of nitrogens with one attached hydrogen (secondary N) is 3. The molecule has 0 spiro atoms. The maximum absolute atomic E-state index is 12.2. The molecular weight excluding hydrogens is 335 g/mol. The fourth-order valence-corrected chi connectivity index (χ4v) is 2.03. The fourth-order valence-electron chi connectivity index (χ4n) is 2.03. The Hall–Kier alpha value is -2.84. The molecule has 1 aromatic carbocycles. The minimum atomic E-state index is -4.73. The largest absolute Gasteiger partial charge is 0.573 e. The van der Waals surface area contributed by atoms with Gasteiger partial charge in [-0.15, -0.1) is 13.2 Å². The highest BCUT2D eigenvalue weighted by Gasteiger charge is 2.30. The monoisotopic (exact) mass is 353 g/mol. The zero-order valence-electron chi connectivity index (χ0n) is 13.5. The van der Waals surface area contributed by atoms with Gasteiger partial charge in [-0.05, 0) is 30.7 Å². The Bertz CT molecular complexity index is 704. The molecule has 0 saturated heterocycles. The Morgan fingerprint density at radius 3 is 2.44 bits per heavy atom.